The number of carbonyl (C=O) groups is 2. The summed E-state index contributed by atoms with van der Waals surface area (Å²) >= 11 is 0. The molecule has 2 unspecified atom stereocenters. The lowest BCUT2D eigenvalue weighted by Gasteiger charge is -2.27. The van der Waals surface area contributed by atoms with E-state index in [0.717, 1.165) is 44.1 Å². The highest BCUT2D eigenvalue weighted by molar-refractivity contribution is 5.83. The molecule has 0 saturated carbocycles. The van der Waals surface area contributed by atoms with Gasteiger partial charge in [-0.05, 0) is 32.6 Å². The maximum absolute atomic E-state index is 12.3. The Balaban J connectivity index is 2.53. The molecule has 0 aromatic carbocycles. The Kier molecular flexibility index (Phi) is 9.65. The Morgan fingerprint density at radius 2 is 1.48 bits per heavy atom. The van der Waals surface area contributed by atoms with Crippen LogP contribution in [0.3, 0.4) is 0 Å². The van der Waals surface area contributed by atoms with Crippen LogP contribution in [-0.4, -0.2) is 25.2 Å². The first-order valence-corrected chi connectivity index (χ1v) is 9.09. The fourth-order valence-corrected chi connectivity index (χ4v) is 2.84. The highest BCUT2D eigenvalue weighted by atomic mass is 16.5. The van der Waals surface area contributed by atoms with Gasteiger partial charge < -0.3 is 9.47 Å². The molecule has 0 amide bonds. The predicted molar refractivity (Wildman–Crippen MR) is 90.9 cm³/mol. The van der Waals surface area contributed by atoms with Gasteiger partial charge in [0.1, 0.15) is 0 Å². The van der Waals surface area contributed by atoms with Gasteiger partial charge in [-0.1, -0.05) is 51.2 Å². The highest BCUT2D eigenvalue weighted by Crippen LogP contribution is 2.31. The molecule has 0 aliphatic heterocycles. The zero-order chi connectivity index (χ0) is 17.1. The summed E-state index contributed by atoms with van der Waals surface area (Å²) in [6, 6.07) is 0. The number of unbranched alkanes of at least 4 members (excludes halogenated alkanes) is 4. The minimum absolute atomic E-state index is 0.246. The second-order valence-corrected chi connectivity index (χ2v) is 6.45. The molecule has 0 bridgehead atoms. The van der Waals surface area contributed by atoms with Gasteiger partial charge in [-0.2, -0.15) is 0 Å². The Hall–Kier alpha value is -1.32. The average molecular weight is 324 g/mol. The van der Waals surface area contributed by atoms with E-state index >= 15 is 0 Å². The van der Waals surface area contributed by atoms with E-state index < -0.39 is 0 Å². The van der Waals surface area contributed by atoms with Crippen molar-refractivity contribution in [3.05, 3.63) is 11.6 Å². The van der Waals surface area contributed by atoms with Crippen LogP contribution >= 0.6 is 0 Å². The van der Waals surface area contributed by atoms with E-state index in [-0.39, 0.29) is 23.8 Å². The lowest BCUT2D eigenvalue weighted by molar-refractivity contribution is -0.161. The topological polar surface area (TPSA) is 52.6 Å². The van der Waals surface area contributed by atoms with Gasteiger partial charge in [0.25, 0.3) is 0 Å². The standard InChI is InChI=1S/C19H32O4/c1-4-6-8-12-22-18(20)16-11-10-15(3)14-17(16)19(21)23-13-9-7-5-2/h10,16-17H,4-9,11-14H2,1-3H3. The quantitative estimate of drug-likeness (QED) is 0.339. The number of hydrogen-bond acceptors (Lipinski definition) is 4. The van der Waals surface area contributed by atoms with Crippen LogP contribution in [-0.2, 0) is 19.1 Å². The maximum atomic E-state index is 12.3. The first kappa shape index (κ1) is 19.7. The Morgan fingerprint density at radius 1 is 0.957 bits per heavy atom. The van der Waals surface area contributed by atoms with Crippen molar-refractivity contribution in [2.75, 3.05) is 13.2 Å². The highest BCUT2D eigenvalue weighted by Gasteiger charge is 2.37. The van der Waals surface area contributed by atoms with Crippen LogP contribution < -0.4 is 0 Å². The molecule has 0 saturated heterocycles. The number of hydrogen-bond donors (Lipinski definition) is 0. The van der Waals surface area contributed by atoms with Gasteiger partial charge in [0.05, 0.1) is 25.0 Å². The van der Waals surface area contributed by atoms with Crippen LogP contribution in [0.25, 0.3) is 0 Å². The van der Waals surface area contributed by atoms with E-state index in [1.54, 1.807) is 0 Å². The van der Waals surface area contributed by atoms with Crippen molar-refractivity contribution in [1.82, 2.24) is 0 Å². The molecule has 0 fully saturated rings. The van der Waals surface area contributed by atoms with Gasteiger partial charge in [-0.15, -0.1) is 0 Å². The molecule has 1 aliphatic rings. The monoisotopic (exact) mass is 324 g/mol. The molecule has 0 aromatic heterocycles. The lowest BCUT2D eigenvalue weighted by atomic mass is 9.80. The third-order valence-electron chi connectivity index (χ3n) is 4.34. The van der Waals surface area contributed by atoms with E-state index in [2.05, 4.69) is 13.8 Å². The molecule has 2 atom stereocenters. The Labute approximate surface area is 140 Å². The number of esters is 2. The van der Waals surface area contributed by atoms with E-state index in [0.29, 0.717) is 26.1 Å². The van der Waals surface area contributed by atoms with Crippen LogP contribution in [0.2, 0.25) is 0 Å². The predicted octanol–water partition coefficient (Wildman–Crippen LogP) is 4.43. The van der Waals surface area contributed by atoms with Gasteiger partial charge in [0, 0.05) is 0 Å². The van der Waals surface area contributed by atoms with Gasteiger partial charge >= 0.3 is 11.9 Å². The number of rotatable bonds is 10. The molecule has 23 heavy (non-hydrogen) atoms. The van der Waals surface area contributed by atoms with Crippen molar-refractivity contribution in [3.8, 4) is 0 Å². The zero-order valence-electron chi connectivity index (χ0n) is 14.9. The number of carbonyl (C=O) groups excluding carboxylic acids is 2. The zero-order valence-corrected chi connectivity index (χ0v) is 14.9. The second kappa shape index (κ2) is 11.3. The van der Waals surface area contributed by atoms with Gasteiger partial charge in [-0.3, -0.25) is 9.59 Å². The van der Waals surface area contributed by atoms with Gasteiger partial charge in [-0.25, -0.2) is 0 Å². The number of allylic oxidation sites excluding steroid dienone is 2. The molecule has 0 spiro atoms. The van der Waals surface area contributed by atoms with Gasteiger partial charge in [0.2, 0.25) is 0 Å². The molecule has 132 valence electrons. The molecule has 0 aromatic rings. The van der Waals surface area contributed by atoms with Crippen molar-refractivity contribution >= 4 is 11.9 Å². The minimum Gasteiger partial charge on any atom is -0.465 e. The molecule has 0 N–H and O–H groups in total. The molecule has 1 aliphatic carbocycles. The van der Waals surface area contributed by atoms with Crippen molar-refractivity contribution in [1.29, 1.82) is 0 Å². The van der Waals surface area contributed by atoms with E-state index in [1.165, 1.54) is 0 Å². The summed E-state index contributed by atoms with van der Waals surface area (Å²) in [7, 11) is 0. The lowest BCUT2D eigenvalue weighted by Crippen LogP contribution is -2.34. The Bertz CT molecular complexity index is 400. The third-order valence-corrected chi connectivity index (χ3v) is 4.34. The van der Waals surface area contributed by atoms with Crippen LogP contribution in [0.15, 0.2) is 11.6 Å². The fourth-order valence-electron chi connectivity index (χ4n) is 2.84. The van der Waals surface area contributed by atoms with Crippen molar-refractivity contribution < 1.29 is 19.1 Å². The third kappa shape index (κ3) is 7.19. The summed E-state index contributed by atoms with van der Waals surface area (Å²) in [5, 5.41) is 0. The summed E-state index contributed by atoms with van der Waals surface area (Å²) in [5.41, 5.74) is 1.15. The van der Waals surface area contributed by atoms with Crippen LogP contribution in [0.5, 0.6) is 0 Å². The van der Waals surface area contributed by atoms with Crippen LogP contribution in [0.4, 0.5) is 0 Å². The smallest absolute Gasteiger partial charge is 0.310 e. The molecule has 4 heteroatoms. The molecule has 0 heterocycles. The molecule has 4 nitrogen and oxygen atoms in total. The normalized spacial score (nSPS) is 20.7. The second-order valence-electron chi connectivity index (χ2n) is 6.45. The largest absolute Gasteiger partial charge is 0.465 e. The van der Waals surface area contributed by atoms with E-state index in [4.69, 9.17) is 9.47 Å². The fraction of sp³-hybridized carbons (Fsp3) is 0.789. The first-order valence-electron chi connectivity index (χ1n) is 9.09. The molecular weight excluding hydrogens is 292 g/mol. The summed E-state index contributed by atoms with van der Waals surface area (Å²) in [6.45, 7) is 7.12. The van der Waals surface area contributed by atoms with E-state index in [1.807, 2.05) is 13.0 Å². The molecule has 1 rings (SSSR count). The van der Waals surface area contributed by atoms with Crippen LogP contribution in [0.1, 0.15) is 72.1 Å². The summed E-state index contributed by atoms with van der Waals surface area (Å²) in [5.74, 6) is -1.27. The van der Waals surface area contributed by atoms with Crippen molar-refractivity contribution in [2.24, 2.45) is 11.8 Å². The minimum atomic E-state index is -0.390. The summed E-state index contributed by atoms with van der Waals surface area (Å²) in [6.07, 6.45) is 9.28. The van der Waals surface area contributed by atoms with Crippen molar-refractivity contribution in [2.45, 2.75) is 72.1 Å². The molecule has 0 radical (unpaired) electrons. The van der Waals surface area contributed by atoms with E-state index in [9.17, 15) is 9.59 Å². The summed E-state index contributed by atoms with van der Waals surface area (Å²) in [4.78, 5) is 24.6. The summed E-state index contributed by atoms with van der Waals surface area (Å²) < 4.78 is 10.7. The first-order chi connectivity index (χ1) is 11.1. The van der Waals surface area contributed by atoms with Crippen molar-refractivity contribution in [3.63, 3.8) is 0 Å². The Morgan fingerprint density at radius 3 is 2.00 bits per heavy atom. The maximum Gasteiger partial charge on any atom is 0.310 e. The number of ether oxygens (including phenoxy) is 2. The SMILES string of the molecule is CCCCCOC(=O)C1CC=C(C)CC1C(=O)OCCCCC. The van der Waals surface area contributed by atoms with Gasteiger partial charge in [0.15, 0.2) is 0 Å². The van der Waals surface area contributed by atoms with Crippen LogP contribution in [0, 0.1) is 11.8 Å². The molecular formula is C19H32O4. The average Bonchev–Trinajstić information content (AvgIpc) is 2.55.